The predicted octanol–water partition coefficient (Wildman–Crippen LogP) is 4.61. The van der Waals surface area contributed by atoms with E-state index in [0.717, 1.165) is 30.8 Å². The molecule has 2 rings (SSSR count). The number of hydrogen-bond donors (Lipinski definition) is 0. The lowest BCUT2D eigenvalue weighted by Crippen LogP contribution is -2.30. The zero-order chi connectivity index (χ0) is 15.1. The zero-order valence-corrected chi connectivity index (χ0v) is 12.8. The molecule has 5 heteroatoms. The third-order valence-electron chi connectivity index (χ3n) is 4.56. The molecule has 0 amide bonds. The molecule has 0 aromatic heterocycles. The van der Waals surface area contributed by atoms with E-state index in [-0.39, 0.29) is 5.41 Å². The highest BCUT2D eigenvalue weighted by atomic mass is 16.5. The van der Waals surface area contributed by atoms with E-state index in [4.69, 9.17) is 15.0 Å². The van der Waals surface area contributed by atoms with Crippen LogP contribution >= 0.6 is 0 Å². The van der Waals surface area contributed by atoms with Gasteiger partial charge in [-0.05, 0) is 47.9 Å². The van der Waals surface area contributed by atoms with Gasteiger partial charge in [-0.3, -0.25) is 0 Å². The van der Waals surface area contributed by atoms with E-state index < -0.39 is 0 Å². The maximum atomic E-state index is 8.52. The molecule has 0 atom stereocenters. The van der Waals surface area contributed by atoms with Gasteiger partial charge in [-0.25, -0.2) is 0 Å². The van der Waals surface area contributed by atoms with Gasteiger partial charge in [0.25, 0.3) is 0 Å². The van der Waals surface area contributed by atoms with Crippen molar-refractivity contribution in [1.82, 2.24) is 0 Å². The first-order valence-electron chi connectivity index (χ1n) is 7.49. The van der Waals surface area contributed by atoms with Crippen LogP contribution in [0.5, 0.6) is 11.5 Å². The Morgan fingerprint density at radius 2 is 1.86 bits per heavy atom. The van der Waals surface area contributed by atoms with Gasteiger partial charge >= 0.3 is 0 Å². The zero-order valence-electron chi connectivity index (χ0n) is 12.8. The van der Waals surface area contributed by atoms with E-state index in [0.29, 0.717) is 6.54 Å². The molecule has 0 bridgehead atoms. The smallest absolute Gasteiger partial charge is 0.161 e. The second kappa shape index (κ2) is 7.23. The van der Waals surface area contributed by atoms with Gasteiger partial charge in [0.15, 0.2) is 11.5 Å². The van der Waals surface area contributed by atoms with E-state index in [1.165, 1.54) is 24.8 Å². The van der Waals surface area contributed by atoms with Crippen molar-refractivity contribution in [2.75, 3.05) is 20.8 Å². The highest BCUT2D eigenvalue weighted by Gasteiger charge is 2.33. The first kappa shape index (κ1) is 15.5. The molecule has 114 valence electrons. The molecule has 21 heavy (non-hydrogen) atoms. The third-order valence-corrected chi connectivity index (χ3v) is 4.56. The normalized spacial score (nSPS) is 16.9. The predicted molar refractivity (Wildman–Crippen MR) is 82.9 cm³/mol. The van der Waals surface area contributed by atoms with Gasteiger partial charge in [0.2, 0.25) is 0 Å². The van der Waals surface area contributed by atoms with E-state index in [1.54, 1.807) is 14.2 Å². The second-order valence-corrected chi connectivity index (χ2v) is 5.62. The van der Waals surface area contributed by atoms with Crippen molar-refractivity contribution < 1.29 is 9.47 Å². The van der Waals surface area contributed by atoms with Crippen LogP contribution in [0, 0.1) is 0 Å². The molecular formula is C16H23N3O2. The quantitative estimate of drug-likeness (QED) is 0.436. The monoisotopic (exact) mass is 289 g/mol. The molecule has 1 aliphatic carbocycles. The average molecular weight is 289 g/mol. The third kappa shape index (κ3) is 3.42. The number of benzene rings is 1. The summed E-state index contributed by atoms with van der Waals surface area (Å²) in [5, 5.41) is 3.74. The van der Waals surface area contributed by atoms with Crippen molar-refractivity contribution in [3.8, 4) is 11.5 Å². The fourth-order valence-corrected chi connectivity index (χ4v) is 3.39. The molecule has 0 spiro atoms. The maximum Gasteiger partial charge on any atom is 0.161 e. The van der Waals surface area contributed by atoms with Crippen LogP contribution in [0.3, 0.4) is 0 Å². The van der Waals surface area contributed by atoms with Crippen LogP contribution in [0.15, 0.2) is 23.3 Å². The minimum absolute atomic E-state index is 0.103. The van der Waals surface area contributed by atoms with Crippen molar-refractivity contribution in [2.24, 2.45) is 5.11 Å². The number of hydrogen-bond acceptors (Lipinski definition) is 3. The van der Waals surface area contributed by atoms with Crippen LogP contribution < -0.4 is 9.47 Å². The molecule has 1 saturated carbocycles. The molecule has 1 aromatic rings. The van der Waals surface area contributed by atoms with Crippen LogP contribution in [-0.2, 0) is 5.41 Å². The van der Waals surface area contributed by atoms with Crippen LogP contribution in [0.2, 0.25) is 0 Å². The van der Waals surface area contributed by atoms with Gasteiger partial charge in [-0.1, -0.05) is 30.4 Å². The first-order chi connectivity index (χ1) is 10.3. The minimum atomic E-state index is 0.103. The Labute approximate surface area is 125 Å². The SMILES string of the molecule is COc1ccc(C2(CCN=[N+]=[N-])CCCCC2)cc1OC. The molecule has 1 aromatic carbocycles. The molecule has 0 aliphatic heterocycles. The first-order valence-corrected chi connectivity index (χ1v) is 7.49. The Hall–Kier alpha value is -1.87. The topological polar surface area (TPSA) is 67.2 Å². The minimum Gasteiger partial charge on any atom is -0.493 e. The van der Waals surface area contributed by atoms with E-state index in [9.17, 15) is 0 Å². The lowest BCUT2D eigenvalue weighted by molar-refractivity contribution is 0.275. The highest BCUT2D eigenvalue weighted by molar-refractivity contribution is 5.45. The Morgan fingerprint density at radius 1 is 1.14 bits per heavy atom. The van der Waals surface area contributed by atoms with Crippen molar-refractivity contribution in [1.29, 1.82) is 0 Å². The summed E-state index contributed by atoms with van der Waals surface area (Å²) in [5.74, 6) is 1.52. The Balaban J connectivity index is 2.33. The Kier molecular flexibility index (Phi) is 5.34. The summed E-state index contributed by atoms with van der Waals surface area (Å²) in [4.78, 5) is 2.89. The van der Waals surface area contributed by atoms with E-state index >= 15 is 0 Å². The fourth-order valence-electron chi connectivity index (χ4n) is 3.39. The van der Waals surface area contributed by atoms with Crippen molar-refractivity contribution in [2.45, 2.75) is 43.9 Å². The second-order valence-electron chi connectivity index (χ2n) is 5.62. The summed E-state index contributed by atoms with van der Waals surface area (Å²) >= 11 is 0. The van der Waals surface area contributed by atoms with Crippen molar-refractivity contribution in [3.63, 3.8) is 0 Å². The summed E-state index contributed by atoms with van der Waals surface area (Å²) in [5.41, 5.74) is 9.90. The van der Waals surface area contributed by atoms with Crippen LogP contribution in [0.1, 0.15) is 44.1 Å². The van der Waals surface area contributed by atoms with Gasteiger partial charge in [-0.15, -0.1) is 0 Å². The van der Waals surface area contributed by atoms with E-state index in [2.05, 4.69) is 22.2 Å². The molecule has 1 aliphatic rings. The number of ether oxygens (including phenoxy) is 2. The van der Waals surface area contributed by atoms with Gasteiger partial charge < -0.3 is 9.47 Å². The van der Waals surface area contributed by atoms with Gasteiger partial charge in [0, 0.05) is 11.5 Å². The van der Waals surface area contributed by atoms with Crippen LogP contribution in [0.25, 0.3) is 10.4 Å². The lowest BCUT2D eigenvalue weighted by Gasteiger charge is -2.38. The molecule has 0 heterocycles. The molecule has 0 N–H and O–H groups in total. The van der Waals surface area contributed by atoms with Gasteiger partial charge in [0.1, 0.15) is 0 Å². The number of azide groups is 1. The van der Waals surface area contributed by atoms with E-state index in [1.807, 2.05) is 6.07 Å². The Morgan fingerprint density at radius 3 is 2.48 bits per heavy atom. The summed E-state index contributed by atoms with van der Waals surface area (Å²) in [7, 11) is 3.31. The lowest BCUT2D eigenvalue weighted by atomic mass is 9.67. The molecule has 0 saturated heterocycles. The standard InChI is InChI=1S/C16H23N3O2/c1-20-14-7-6-13(12-15(14)21-2)16(10-11-18-19-17)8-4-3-5-9-16/h6-7,12H,3-5,8-11H2,1-2H3. The highest BCUT2D eigenvalue weighted by Crippen LogP contribution is 2.44. The van der Waals surface area contributed by atoms with Crippen LogP contribution in [-0.4, -0.2) is 20.8 Å². The summed E-state index contributed by atoms with van der Waals surface area (Å²) in [6.45, 7) is 0.546. The summed E-state index contributed by atoms with van der Waals surface area (Å²) < 4.78 is 10.7. The van der Waals surface area contributed by atoms with Crippen molar-refractivity contribution >= 4 is 0 Å². The molecular weight excluding hydrogens is 266 g/mol. The molecule has 1 fully saturated rings. The molecule has 0 radical (unpaired) electrons. The number of rotatable bonds is 6. The average Bonchev–Trinajstić information content (AvgIpc) is 2.55. The molecule has 0 unspecified atom stereocenters. The van der Waals surface area contributed by atoms with Gasteiger partial charge in [-0.2, -0.15) is 0 Å². The Bertz CT molecular complexity index is 518. The van der Waals surface area contributed by atoms with Crippen molar-refractivity contribution in [3.05, 3.63) is 34.2 Å². The maximum absolute atomic E-state index is 8.52. The number of methoxy groups -OCH3 is 2. The van der Waals surface area contributed by atoms with Gasteiger partial charge in [0.05, 0.1) is 14.2 Å². The fraction of sp³-hybridized carbons (Fsp3) is 0.625. The largest absolute Gasteiger partial charge is 0.493 e. The number of nitrogens with zero attached hydrogens (tertiary/aromatic N) is 3. The molecule has 5 nitrogen and oxygen atoms in total. The summed E-state index contributed by atoms with van der Waals surface area (Å²) in [6, 6.07) is 6.18. The summed E-state index contributed by atoms with van der Waals surface area (Å²) in [6.07, 6.45) is 6.92. The van der Waals surface area contributed by atoms with Crippen LogP contribution in [0.4, 0.5) is 0 Å².